The van der Waals surface area contributed by atoms with Crippen molar-refractivity contribution < 1.29 is 0 Å². The number of aromatic nitrogens is 2. The number of para-hydroxylation sites is 2. The lowest BCUT2D eigenvalue weighted by atomic mass is 10.2. The topological polar surface area (TPSA) is 21.1 Å². The Balaban J connectivity index is 1.71. The van der Waals surface area contributed by atoms with Crippen LogP contribution in [0.25, 0.3) is 23.2 Å². The average Bonchev–Trinajstić information content (AvgIpc) is 3.06. The fourth-order valence-corrected chi connectivity index (χ4v) is 3.73. The highest BCUT2D eigenvalue weighted by atomic mass is 35.5. The predicted octanol–water partition coefficient (Wildman–Crippen LogP) is 6.63. The molecule has 1 heterocycles. The Morgan fingerprint density at radius 2 is 1.69 bits per heavy atom. The summed E-state index contributed by atoms with van der Waals surface area (Å²) in [6.07, 6.45) is 4.13. The summed E-state index contributed by atoms with van der Waals surface area (Å²) in [5.74, 6) is 0.883. The molecule has 0 aliphatic carbocycles. The van der Waals surface area contributed by atoms with Crippen LogP contribution in [0.4, 0.5) is 5.69 Å². The van der Waals surface area contributed by atoms with Crippen molar-refractivity contribution in [2.24, 2.45) is 0 Å². The summed E-state index contributed by atoms with van der Waals surface area (Å²) >= 11 is 12.5. The van der Waals surface area contributed by atoms with Crippen molar-refractivity contribution >= 4 is 52.1 Å². The van der Waals surface area contributed by atoms with E-state index in [0.29, 0.717) is 16.6 Å². The number of anilines is 1. The first kappa shape index (κ1) is 19.6. The fourth-order valence-electron chi connectivity index (χ4n) is 3.26. The van der Waals surface area contributed by atoms with E-state index in [1.807, 2.05) is 44.4 Å². The first-order valence-electron chi connectivity index (χ1n) is 9.36. The lowest BCUT2D eigenvalue weighted by Gasteiger charge is -2.12. The lowest BCUT2D eigenvalue weighted by molar-refractivity contribution is 0.814. The molecule has 146 valence electrons. The summed E-state index contributed by atoms with van der Waals surface area (Å²) in [4.78, 5) is 6.90. The maximum absolute atomic E-state index is 6.42. The molecule has 4 aromatic rings. The number of halogens is 2. The predicted molar refractivity (Wildman–Crippen MR) is 125 cm³/mol. The van der Waals surface area contributed by atoms with Gasteiger partial charge in [-0.25, -0.2) is 4.98 Å². The average molecular weight is 422 g/mol. The van der Waals surface area contributed by atoms with Crippen molar-refractivity contribution in [3.05, 3.63) is 93.7 Å². The standard InChI is InChI=1S/C24H21Cl2N3/c1-28(2)20-12-7-17(8-13-20)9-14-24-27-22-5-3-4-6-23(22)29(24)16-18-10-11-19(25)15-21(18)26/h3-15H,16H2,1-2H3. The molecule has 3 aromatic carbocycles. The number of imidazole rings is 1. The third kappa shape index (κ3) is 4.31. The minimum absolute atomic E-state index is 0.621. The monoisotopic (exact) mass is 421 g/mol. The van der Waals surface area contributed by atoms with Gasteiger partial charge in [0.15, 0.2) is 0 Å². The summed E-state index contributed by atoms with van der Waals surface area (Å²) < 4.78 is 2.18. The number of rotatable bonds is 5. The molecule has 0 atom stereocenters. The van der Waals surface area contributed by atoms with E-state index in [0.717, 1.165) is 28.0 Å². The molecule has 0 fully saturated rings. The maximum Gasteiger partial charge on any atom is 0.134 e. The second-order valence-electron chi connectivity index (χ2n) is 7.10. The van der Waals surface area contributed by atoms with Gasteiger partial charge >= 0.3 is 0 Å². The Labute approximate surface area is 180 Å². The van der Waals surface area contributed by atoms with Gasteiger partial charge in [-0.1, -0.05) is 59.6 Å². The van der Waals surface area contributed by atoms with E-state index in [2.05, 4.69) is 52.0 Å². The molecule has 0 N–H and O–H groups in total. The summed E-state index contributed by atoms with van der Waals surface area (Å²) in [6, 6.07) is 22.2. The first-order chi connectivity index (χ1) is 14.0. The van der Waals surface area contributed by atoms with Gasteiger partial charge in [0.2, 0.25) is 0 Å². The first-order valence-corrected chi connectivity index (χ1v) is 10.1. The zero-order valence-corrected chi connectivity index (χ0v) is 17.8. The van der Waals surface area contributed by atoms with E-state index in [1.54, 1.807) is 6.07 Å². The van der Waals surface area contributed by atoms with Gasteiger partial charge < -0.3 is 9.47 Å². The zero-order chi connectivity index (χ0) is 20.4. The van der Waals surface area contributed by atoms with Gasteiger partial charge in [0.05, 0.1) is 17.6 Å². The van der Waals surface area contributed by atoms with Crippen LogP contribution >= 0.6 is 23.2 Å². The molecule has 3 nitrogen and oxygen atoms in total. The van der Waals surface area contributed by atoms with Crippen molar-refractivity contribution in [3.8, 4) is 0 Å². The Kier molecular flexibility index (Phi) is 5.61. The van der Waals surface area contributed by atoms with Gasteiger partial charge in [-0.05, 0) is 53.6 Å². The maximum atomic E-state index is 6.42. The van der Waals surface area contributed by atoms with Gasteiger partial charge in [0.25, 0.3) is 0 Å². The molecule has 5 heteroatoms. The molecule has 0 unspecified atom stereocenters. The third-order valence-corrected chi connectivity index (χ3v) is 5.45. The zero-order valence-electron chi connectivity index (χ0n) is 16.3. The largest absolute Gasteiger partial charge is 0.378 e. The van der Waals surface area contributed by atoms with E-state index in [4.69, 9.17) is 28.2 Å². The van der Waals surface area contributed by atoms with Crippen LogP contribution in [0.1, 0.15) is 17.0 Å². The Morgan fingerprint density at radius 1 is 0.931 bits per heavy atom. The van der Waals surface area contributed by atoms with E-state index in [-0.39, 0.29) is 0 Å². The molecule has 0 radical (unpaired) electrons. The quantitative estimate of drug-likeness (QED) is 0.360. The van der Waals surface area contributed by atoms with Gasteiger partial charge in [-0.2, -0.15) is 0 Å². The summed E-state index contributed by atoms with van der Waals surface area (Å²) in [5.41, 5.74) is 5.33. The summed E-state index contributed by atoms with van der Waals surface area (Å²) in [5, 5.41) is 1.29. The molecule has 0 saturated heterocycles. The molecular formula is C24H21Cl2N3. The van der Waals surface area contributed by atoms with Crippen LogP contribution in [0.3, 0.4) is 0 Å². The SMILES string of the molecule is CN(C)c1ccc(C=Cc2nc3ccccc3n2Cc2ccc(Cl)cc2Cl)cc1. The van der Waals surface area contributed by atoms with Gasteiger partial charge in [-0.15, -0.1) is 0 Å². The highest BCUT2D eigenvalue weighted by Gasteiger charge is 2.11. The van der Waals surface area contributed by atoms with Crippen molar-refractivity contribution in [3.63, 3.8) is 0 Å². The van der Waals surface area contributed by atoms with Crippen molar-refractivity contribution in [1.29, 1.82) is 0 Å². The smallest absolute Gasteiger partial charge is 0.134 e. The second-order valence-corrected chi connectivity index (χ2v) is 7.94. The second kappa shape index (κ2) is 8.32. The van der Waals surface area contributed by atoms with Crippen LogP contribution in [0, 0.1) is 0 Å². The van der Waals surface area contributed by atoms with Crippen LogP contribution < -0.4 is 4.90 Å². The Morgan fingerprint density at radius 3 is 2.41 bits per heavy atom. The number of nitrogens with zero attached hydrogens (tertiary/aromatic N) is 3. The number of hydrogen-bond acceptors (Lipinski definition) is 2. The highest BCUT2D eigenvalue weighted by Crippen LogP contribution is 2.25. The molecule has 0 bridgehead atoms. The Hall–Kier alpha value is -2.75. The molecule has 0 aliphatic rings. The summed E-state index contributed by atoms with van der Waals surface area (Å²) in [6.45, 7) is 0.621. The van der Waals surface area contributed by atoms with Crippen molar-refractivity contribution in [1.82, 2.24) is 9.55 Å². The number of benzene rings is 3. The van der Waals surface area contributed by atoms with Gasteiger partial charge in [0.1, 0.15) is 5.82 Å². The van der Waals surface area contributed by atoms with Crippen molar-refractivity contribution in [2.75, 3.05) is 19.0 Å². The number of fused-ring (bicyclic) bond motifs is 1. The van der Waals surface area contributed by atoms with Crippen LogP contribution in [-0.4, -0.2) is 23.6 Å². The fraction of sp³-hybridized carbons (Fsp3) is 0.125. The molecule has 1 aromatic heterocycles. The third-order valence-electron chi connectivity index (χ3n) is 4.86. The molecule has 4 rings (SSSR count). The normalized spacial score (nSPS) is 11.4. The summed E-state index contributed by atoms with van der Waals surface area (Å²) in [7, 11) is 4.07. The van der Waals surface area contributed by atoms with E-state index >= 15 is 0 Å². The molecular weight excluding hydrogens is 401 g/mol. The van der Waals surface area contributed by atoms with Crippen LogP contribution in [-0.2, 0) is 6.54 Å². The van der Waals surface area contributed by atoms with E-state index in [1.165, 1.54) is 5.69 Å². The van der Waals surface area contributed by atoms with Gasteiger partial charge in [-0.3, -0.25) is 0 Å². The Bertz CT molecular complexity index is 1170. The lowest BCUT2D eigenvalue weighted by Crippen LogP contribution is -2.07. The number of hydrogen-bond donors (Lipinski definition) is 0. The molecule has 0 amide bonds. The van der Waals surface area contributed by atoms with Crippen LogP contribution in [0.5, 0.6) is 0 Å². The molecule has 0 aliphatic heterocycles. The van der Waals surface area contributed by atoms with E-state index < -0.39 is 0 Å². The molecule has 0 spiro atoms. The highest BCUT2D eigenvalue weighted by molar-refractivity contribution is 6.35. The van der Waals surface area contributed by atoms with Gasteiger partial charge in [0, 0.05) is 29.8 Å². The van der Waals surface area contributed by atoms with Crippen LogP contribution in [0.2, 0.25) is 10.0 Å². The molecule has 0 saturated carbocycles. The minimum atomic E-state index is 0.621. The molecule has 29 heavy (non-hydrogen) atoms. The van der Waals surface area contributed by atoms with Crippen molar-refractivity contribution in [2.45, 2.75) is 6.54 Å². The van der Waals surface area contributed by atoms with Crippen LogP contribution in [0.15, 0.2) is 66.7 Å². The van der Waals surface area contributed by atoms with E-state index in [9.17, 15) is 0 Å². The minimum Gasteiger partial charge on any atom is -0.378 e.